The molecule has 0 fully saturated rings. The van der Waals surface area contributed by atoms with Crippen LogP contribution in [0.4, 0.5) is 4.39 Å². The number of aldehydes is 1. The number of hydrogen-bond donors (Lipinski definition) is 1. The molecular weight excluding hydrogens is 199 g/mol. The Morgan fingerprint density at radius 2 is 2.21 bits per heavy atom. The van der Waals surface area contributed by atoms with E-state index < -0.39 is 0 Å². The van der Waals surface area contributed by atoms with E-state index in [1.165, 1.54) is 12.1 Å². The molecule has 0 spiro atoms. The van der Waals surface area contributed by atoms with Crippen LogP contribution in [-0.4, -0.2) is 12.0 Å². The second-order valence-electron chi connectivity index (χ2n) is 2.78. The molecule has 0 N–H and O–H groups in total. The molecule has 0 atom stereocenters. The minimum Gasteiger partial charge on any atom is -0.298 e. The molecule has 0 aromatic heterocycles. The fourth-order valence-electron chi connectivity index (χ4n) is 1.11. The number of halogens is 1. The van der Waals surface area contributed by atoms with Crippen molar-refractivity contribution in [2.75, 3.05) is 5.75 Å². The van der Waals surface area contributed by atoms with E-state index in [0.717, 1.165) is 6.42 Å². The molecule has 0 unspecified atom stereocenters. The van der Waals surface area contributed by atoms with Crippen LogP contribution in [0.5, 0.6) is 0 Å². The number of benzene rings is 1. The number of rotatable bonds is 4. The summed E-state index contributed by atoms with van der Waals surface area (Å²) in [6.07, 6.45) is 4.84. The van der Waals surface area contributed by atoms with E-state index in [4.69, 9.17) is 0 Å². The standard InChI is InChI=1S/C11H11FOS/c12-11-6-3-4-9(8-13)10(11)5-1-2-7-14/h1,3-6,8,14H,2,7H2. The molecule has 0 radical (unpaired) electrons. The second-order valence-corrected chi connectivity index (χ2v) is 3.22. The van der Waals surface area contributed by atoms with Crippen LogP contribution >= 0.6 is 12.6 Å². The third-order valence-corrected chi connectivity index (χ3v) is 2.05. The van der Waals surface area contributed by atoms with Crippen molar-refractivity contribution in [3.63, 3.8) is 0 Å². The van der Waals surface area contributed by atoms with Gasteiger partial charge in [0.05, 0.1) is 0 Å². The molecule has 14 heavy (non-hydrogen) atoms. The highest BCUT2D eigenvalue weighted by Crippen LogP contribution is 2.14. The van der Waals surface area contributed by atoms with Gasteiger partial charge in [0, 0.05) is 11.1 Å². The Morgan fingerprint density at radius 1 is 1.43 bits per heavy atom. The monoisotopic (exact) mass is 210 g/mol. The Labute approximate surface area is 88.0 Å². The Hall–Kier alpha value is -1.09. The fourth-order valence-corrected chi connectivity index (χ4v) is 1.26. The van der Waals surface area contributed by atoms with Crippen LogP contribution < -0.4 is 0 Å². The number of hydrogen-bond acceptors (Lipinski definition) is 2. The van der Waals surface area contributed by atoms with Crippen molar-refractivity contribution in [3.8, 4) is 0 Å². The Bertz CT molecular complexity index is 347. The largest absolute Gasteiger partial charge is 0.298 e. The Balaban J connectivity index is 2.98. The molecule has 74 valence electrons. The van der Waals surface area contributed by atoms with Crippen LogP contribution in [-0.2, 0) is 0 Å². The molecule has 1 aromatic carbocycles. The van der Waals surface area contributed by atoms with Crippen LogP contribution in [0, 0.1) is 5.82 Å². The highest BCUT2D eigenvalue weighted by Gasteiger charge is 2.03. The summed E-state index contributed by atoms with van der Waals surface area (Å²) < 4.78 is 13.2. The molecular formula is C11H11FOS. The molecule has 0 saturated carbocycles. The summed E-state index contributed by atoms with van der Waals surface area (Å²) in [7, 11) is 0. The Morgan fingerprint density at radius 3 is 2.86 bits per heavy atom. The normalized spacial score (nSPS) is 10.7. The van der Waals surface area contributed by atoms with E-state index in [1.807, 2.05) is 0 Å². The molecule has 1 aromatic rings. The average molecular weight is 210 g/mol. The zero-order chi connectivity index (χ0) is 10.4. The predicted molar refractivity (Wildman–Crippen MR) is 59.3 cm³/mol. The lowest BCUT2D eigenvalue weighted by Gasteiger charge is -1.99. The average Bonchev–Trinajstić information content (AvgIpc) is 2.20. The van der Waals surface area contributed by atoms with Gasteiger partial charge in [-0.1, -0.05) is 24.3 Å². The van der Waals surface area contributed by atoms with Gasteiger partial charge in [-0.25, -0.2) is 4.39 Å². The smallest absolute Gasteiger partial charge is 0.150 e. The van der Waals surface area contributed by atoms with Crippen LogP contribution in [0.15, 0.2) is 24.3 Å². The van der Waals surface area contributed by atoms with E-state index in [-0.39, 0.29) is 5.82 Å². The van der Waals surface area contributed by atoms with Gasteiger partial charge < -0.3 is 0 Å². The maximum absolute atomic E-state index is 13.2. The summed E-state index contributed by atoms with van der Waals surface area (Å²) in [5.74, 6) is 0.339. The maximum atomic E-state index is 13.2. The van der Waals surface area contributed by atoms with Crippen LogP contribution in [0.2, 0.25) is 0 Å². The second kappa shape index (κ2) is 5.60. The molecule has 0 saturated heterocycles. The fraction of sp³-hybridized carbons (Fsp3) is 0.182. The highest BCUT2D eigenvalue weighted by molar-refractivity contribution is 7.80. The molecule has 1 rings (SSSR count). The third-order valence-electron chi connectivity index (χ3n) is 1.79. The van der Waals surface area contributed by atoms with Gasteiger partial charge in [0.2, 0.25) is 0 Å². The minimum absolute atomic E-state index is 0.351. The van der Waals surface area contributed by atoms with Gasteiger partial charge in [0.1, 0.15) is 5.82 Å². The lowest BCUT2D eigenvalue weighted by atomic mass is 10.1. The number of thiol groups is 1. The van der Waals surface area contributed by atoms with Crippen LogP contribution in [0.1, 0.15) is 22.3 Å². The van der Waals surface area contributed by atoms with E-state index in [0.29, 0.717) is 23.2 Å². The maximum Gasteiger partial charge on any atom is 0.150 e. The van der Waals surface area contributed by atoms with E-state index in [1.54, 1.807) is 18.2 Å². The van der Waals surface area contributed by atoms with Crippen molar-refractivity contribution in [3.05, 3.63) is 41.2 Å². The predicted octanol–water partition coefficient (Wildman–Crippen LogP) is 2.97. The van der Waals surface area contributed by atoms with Crippen molar-refractivity contribution in [2.24, 2.45) is 0 Å². The molecule has 0 bridgehead atoms. The first-order valence-electron chi connectivity index (χ1n) is 4.30. The summed E-state index contributed by atoms with van der Waals surface area (Å²) in [6.45, 7) is 0. The number of carbonyl (C=O) groups is 1. The molecule has 0 aliphatic rings. The van der Waals surface area contributed by atoms with Crippen molar-refractivity contribution in [2.45, 2.75) is 6.42 Å². The first kappa shape index (κ1) is 11.0. The van der Waals surface area contributed by atoms with Gasteiger partial charge in [0.25, 0.3) is 0 Å². The minimum atomic E-state index is -0.370. The molecule has 1 nitrogen and oxygen atoms in total. The van der Waals surface area contributed by atoms with Crippen molar-refractivity contribution in [1.82, 2.24) is 0 Å². The van der Waals surface area contributed by atoms with Crippen LogP contribution in [0.25, 0.3) is 6.08 Å². The van der Waals surface area contributed by atoms with Gasteiger partial charge in [0.15, 0.2) is 6.29 Å². The quantitative estimate of drug-likeness (QED) is 0.597. The zero-order valence-corrected chi connectivity index (χ0v) is 8.51. The summed E-state index contributed by atoms with van der Waals surface area (Å²) in [4.78, 5) is 10.6. The lowest BCUT2D eigenvalue weighted by molar-refractivity contribution is 0.112. The topological polar surface area (TPSA) is 17.1 Å². The molecule has 3 heteroatoms. The van der Waals surface area contributed by atoms with Crippen LogP contribution in [0.3, 0.4) is 0 Å². The van der Waals surface area contributed by atoms with Gasteiger partial charge in [-0.3, -0.25) is 4.79 Å². The molecule has 0 heterocycles. The van der Waals surface area contributed by atoms with E-state index in [2.05, 4.69) is 12.6 Å². The first-order valence-corrected chi connectivity index (χ1v) is 4.94. The molecule has 0 aliphatic carbocycles. The summed E-state index contributed by atoms with van der Waals surface area (Å²) in [5.41, 5.74) is 0.727. The van der Waals surface area contributed by atoms with Gasteiger partial charge >= 0.3 is 0 Å². The summed E-state index contributed by atoms with van der Waals surface area (Å²) >= 11 is 4.03. The number of carbonyl (C=O) groups excluding carboxylic acids is 1. The van der Waals surface area contributed by atoms with Gasteiger partial charge in [-0.15, -0.1) is 0 Å². The van der Waals surface area contributed by atoms with Gasteiger partial charge in [-0.05, 0) is 18.2 Å². The SMILES string of the molecule is O=Cc1cccc(F)c1C=CCCS. The Kier molecular flexibility index (Phi) is 4.40. The third kappa shape index (κ3) is 2.70. The van der Waals surface area contributed by atoms with Gasteiger partial charge in [-0.2, -0.15) is 12.6 Å². The highest BCUT2D eigenvalue weighted by atomic mass is 32.1. The first-order chi connectivity index (χ1) is 6.79. The molecule has 0 amide bonds. The van der Waals surface area contributed by atoms with E-state index in [9.17, 15) is 9.18 Å². The number of allylic oxidation sites excluding steroid dienone is 1. The lowest BCUT2D eigenvalue weighted by Crippen LogP contribution is -1.90. The van der Waals surface area contributed by atoms with Crippen molar-refractivity contribution >= 4 is 25.0 Å². The zero-order valence-electron chi connectivity index (χ0n) is 7.61. The van der Waals surface area contributed by atoms with E-state index >= 15 is 0 Å². The van der Waals surface area contributed by atoms with Crippen molar-refractivity contribution in [1.29, 1.82) is 0 Å². The van der Waals surface area contributed by atoms with Crippen molar-refractivity contribution < 1.29 is 9.18 Å². The summed E-state index contributed by atoms with van der Waals surface area (Å²) in [5, 5.41) is 0. The summed E-state index contributed by atoms with van der Waals surface area (Å²) in [6, 6.07) is 4.46. The molecule has 0 aliphatic heterocycles.